The molecule has 1 aromatic rings. The average molecular weight is 278 g/mol. The summed E-state index contributed by atoms with van der Waals surface area (Å²) >= 11 is 0. The normalized spacial score (nSPS) is 10.2. The van der Waals surface area contributed by atoms with Gasteiger partial charge in [0.05, 0.1) is 4.92 Å². The molecule has 106 valence electrons. The maximum absolute atomic E-state index is 11.2. The molecule has 0 spiro atoms. The Labute approximate surface area is 115 Å². The van der Waals surface area contributed by atoms with E-state index in [1.165, 1.54) is 25.3 Å². The molecule has 0 aromatic heterocycles. The maximum Gasteiger partial charge on any atom is 0.269 e. The number of rotatable bonds is 5. The van der Waals surface area contributed by atoms with Gasteiger partial charge in [-0.05, 0) is 17.7 Å². The van der Waals surface area contributed by atoms with Crippen molar-refractivity contribution in [3.63, 3.8) is 0 Å². The molecule has 0 fully saturated rings. The van der Waals surface area contributed by atoms with Gasteiger partial charge in [0.15, 0.2) is 0 Å². The van der Waals surface area contributed by atoms with Crippen molar-refractivity contribution in [3.8, 4) is 0 Å². The van der Waals surface area contributed by atoms with Gasteiger partial charge >= 0.3 is 0 Å². The van der Waals surface area contributed by atoms with Crippen LogP contribution in [0, 0.1) is 10.1 Å². The molecule has 0 atom stereocenters. The van der Waals surface area contributed by atoms with E-state index >= 15 is 0 Å². The quantitative estimate of drug-likeness (QED) is 0.465. The van der Waals surface area contributed by atoms with Gasteiger partial charge in [0, 0.05) is 38.2 Å². The summed E-state index contributed by atoms with van der Waals surface area (Å²) in [5.41, 5.74) is 5.10. The van der Waals surface area contributed by atoms with Gasteiger partial charge in [0.2, 0.25) is 11.8 Å². The average Bonchev–Trinajstić information content (AvgIpc) is 2.42. The number of benzene rings is 1. The number of hydrogen-bond donors (Lipinski definition) is 2. The van der Waals surface area contributed by atoms with Crippen LogP contribution in [-0.2, 0) is 9.59 Å². The summed E-state index contributed by atoms with van der Waals surface area (Å²) in [5.74, 6) is -0.700. The molecule has 20 heavy (non-hydrogen) atoms. The first-order valence-corrected chi connectivity index (χ1v) is 5.79. The molecule has 0 radical (unpaired) electrons. The molecular formula is C12H14N4O4. The third kappa shape index (κ3) is 5.71. The third-order valence-corrected chi connectivity index (χ3v) is 2.19. The SMILES string of the molecule is CC(=O)NNC(=O)CCN=Cc1ccc([N+](=O)[O-])cc1. The number of non-ortho nitro benzene ring substituents is 1. The summed E-state index contributed by atoms with van der Waals surface area (Å²) < 4.78 is 0. The lowest BCUT2D eigenvalue weighted by Gasteiger charge is -2.02. The highest BCUT2D eigenvalue weighted by Gasteiger charge is 2.02. The number of amides is 2. The zero-order valence-corrected chi connectivity index (χ0v) is 10.8. The van der Waals surface area contributed by atoms with Crippen LogP contribution in [0.2, 0.25) is 0 Å². The minimum atomic E-state index is -0.479. The Hall–Kier alpha value is -2.77. The minimum absolute atomic E-state index is 0.0110. The first-order valence-electron chi connectivity index (χ1n) is 5.79. The molecule has 0 aliphatic carbocycles. The van der Waals surface area contributed by atoms with Crippen molar-refractivity contribution in [3.05, 3.63) is 39.9 Å². The summed E-state index contributed by atoms with van der Waals surface area (Å²) in [4.78, 5) is 35.7. The van der Waals surface area contributed by atoms with Crippen LogP contribution in [0.1, 0.15) is 18.9 Å². The van der Waals surface area contributed by atoms with E-state index in [2.05, 4.69) is 15.8 Å². The van der Waals surface area contributed by atoms with Crippen LogP contribution >= 0.6 is 0 Å². The lowest BCUT2D eigenvalue weighted by Crippen LogP contribution is -2.40. The number of hydrogen-bond acceptors (Lipinski definition) is 5. The molecule has 0 heterocycles. The second-order valence-corrected chi connectivity index (χ2v) is 3.86. The number of nitro groups is 1. The van der Waals surface area contributed by atoms with Crippen molar-refractivity contribution in [1.29, 1.82) is 0 Å². The molecular weight excluding hydrogens is 264 g/mol. The Morgan fingerprint density at radius 3 is 2.50 bits per heavy atom. The highest BCUT2D eigenvalue weighted by atomic mass is 16.6. The van der Waals surface area contributed by atoms with Crippen LogP contribution in [0.25, 0.3) is 0 Å². The number of nitrogens with one attached hydrogen (secondary N) is 2. The lowest BCUT2D eigenvalue weighted by molar-refractivity contribution is -0.384. The van der Waals surface area contributed by atoms with Crippen LogP contribution in [0.5, 0.6) is 0 Å². The van der Waals surface area contributed by atoms with E-state index in [4.69, 9.17) is 0 Å². The topological polar surface area (TPSA) is 114 Å². The fourth-order valence-electron chi connectivity index (χ4n) is 1.24. The van der Waals surface area contributed by atoms with Crippen LogP contribution < -0.4 is 10.9 Å². The van der Waals surface area contributed by atoms with Gasteiger partial charge in [-0.25, -0.2) is 0 Å². The third-order valence-electron chi connectivity index (χ3n) is 2.19. The van der Waals surface area contributed by atoms with E-state index in [1.807, 2.05) is 0 Å². The molecule has 8 nitrogen and oxygen atoms in total. The molecule has 0 saturated heterocycles. The van der Waals surface area contributed by atoms with Gasteiger partial charge in [0.1, 0.15) is 0 Å². The van der Waals surface area contributed by atoms with Crippen LogP contribution in [0.3, 0.4) is 0 Å². The zero-order valence-electron chi connectivity index (χ0n) is 10.8. The number of nitrogens with zero attached hydrogens (tertiary/aromatic N) is 2. The summed E-state index contributed by atoms with van der Waals surface area (Å²) in [7, 11) is 0. The van der Waals surface area contributed by atoms with E-state index in [9.17, 15) is 19.7 Å². The maximum atomic E-state index is 11.2. The van der Waals surface area contributed by atoms with Gasteiger partial charge < -0.3 is 0 Å². The Balaban J connectivity index is 2.36. The number of hydrazine groups is 1. The number of nitro benzene ring substituents is 1. The highest BCUT2D eigenvalue weighted by molar-refractivity contribution is 5.82. The predicted molar refractivity (Wildman–Crippen MR) is 72.1 cm³/mol. The molecule has 0 unspecified atom stereocenters. The summed E-state index contributed by atoms with van der Waals surface area (Å²) in [6.07, 6.45) is 1.65. The van der Waals surface area contributed by atoms with E-state index in [0.29, 0.717) is 5.56 Å². The highest BCUT2D eigenvalue weighted by Crippen LogP contribution is 2.10. The van der Waals surface area contributed by atoms with Crippen molar-refractivity contribution in [2.45, 2.75) is 13.3 Å². The molecule has 1 aromatic carbocycles. The van der Waals surface area contributed by atoms with Crippen molar-refractivity contribution in [1.82, 2.24) is 10.9 Å². The van der Waals surface area contributed by atoms with Gasteiger partial charge in [-0.3, -0.25) is 35.5 Å². The van der Waals surface area contributed by atoms with Crippen molar-refractivity contribution in [2.75, 3.05) is 6.54 Å². The summed E-state index contributed by atoms with van der Waals surface area (Å²) in [6, 6.07) is 5.90. The summed E-state index contributed by atoms with van der Waals surface area (Å²) in [5, 5.41) is 10.5. The molecule has 0 aliphatic heterocycles. The smallest absolute Gasteiger partial charge is 0.269 e. The zero-order chi connectivity index (χ0) is 15.0. The van der Waals surface area contributed by atoms with Gasteiger partial charge in [-0.15, -0.1) is 0 Å². The minimum Gasteiger partial charge on any atom is -0.292 e. The fraction of sp³-hybridized carbons (Fsp3) is 0.250. The van der Waals surface area contributed by atoms with Gasteiger partial charge in [-0.2, -0.15) is 0 Å². The van der Waals surface area contributed by atoms with E-state index in [0.717, 1.165) is 0 Å². The lowest BCUT2D eigenvalue weighted by atomic mass is 10.2. The van der Waals surface area contributed by atoms with E-state index in [-0.39, 0.29) is 30.5 Å². The van der Waals surface area contributed by atoms with Gasteiger partial charge in [0.25, 0.3) is 5.69 Å². The largest absolute Gasteiger partial charge is 0.292 e. The van der Waals surface area contributed by atoms with Crippen molar-refractivity contribution in [2.24, 2.45) is 4.99 Å². The number of carbonyl (C=O) groups is 2. The Kier molecular flexibility index (Phi) is 5.82. The van der Waals surface area contributed by atoms with Gasteiger partial charge in [-0.1, -0.05) is 0 Å². The van der Waals surface area contributed by atoms with Crippen molar-refractivity contribution < 1.29 is 14.5 Å². The molecule has 0 aliphatic rings. The second kappa shape index (κ2) is 7.62. The Morgan fingerprint density at radius 2 is 1.95 bits per heavy atom. The molecule has 2 N–H and O–H groups in total. The summed E-state index contributed by atoms with van der Waals surface area (Å²) in [6.45, 7) is 1.54. The fourth-order valence-corrected chi connectivity index (χ4v) is 1.24. The Bertz CT molecular complexity index is 525. The van der Waals surface area contributed by atoms with E-state index < -0.39 is 4.92 Å². The predicted octanol–water partition coefficient (Wildman–Crippen LogP) is 0.571. The van der Waals surface area contributed by atoms with Crippen LogP contribution in [-0.4, -0.2) is 29.5 Å². The molecule has 1 rings (SSSR count). The monoisotopic (exact) mass is 278 g/mol. The first-order chi connectivity index (χ1) is 9.49. The molecule has 2 amide bonds. The molecule has 0 saturated carbocycles. The second-order valence-electron chi connectivity index (χ2n) is 3.86. The van der Waals surface area contributed by atoms with Crippen molar-refractivity contribution >= 4 is 23.7 Å². The molecule has 0 bridgehead atoms. The number of carbonyl (C=O) groups excluding carboxylic acids is 2. The first kappa shape index (κ1) is 15.3. The Morgan fingerprint density at radius 1 is 1.30 bits per heavy atom. The standard InChI is InChI=1S/C12H14N4O4/c1-9(17)14-15-12(18)6-7-13-8-10-2-4-11(5-3-10)16(19)20/h2-5,8H,6-7H2,1H3,(H,14,17)(H,15,18). The van der Waals surface area contributed by atoms with E-state index in [1.54, 1.807) is 12.1 Å². The number of aliphatic imine (C=N–C) groups is 1. The molecule has 8 heteroatoms. The van der Waals surface area contributed by atoms with Crippen LogP contribution in [0.4, 0.5) is 5.69 Å². The van der Waals surface area contributed by atoms with Crippen LogP contribution in [0.15, 0.2) is 29.3 Å².